The maximum Gasteiger partial charge on any atom is 0.214 e. The Morgan fingerprint density at radius 3 is 3.09 bits per heavy atom. The zero-order valence-electron chi connectivity index (χ0n) is 5.99. The van der Waals surface area contributed by atoms with E-state index in [1.54, 1.807) is 0 Å². The molecule has 1 aliphatic carbocycles. The smallest absolute Gasteiger partial charge is 0.214 e. The van der Waals surface area contributed by atoms with Crippen LogP contribution in [0.1, 0.15) is 12.8 Å². The van der Waals surface area contributed by atoms with Crippen LogP contribution in [0.2, 0.25) is 0 Å². The lowest BCUT2D eigenvalue weighted by molar-refractivity contribution is 0.673. The molecule has 1 heterocycles. The topological polar surface area (TPSA) is 58.6 Å². The predicted octanol–water partition coefficient (Wildman–Crippen LogP) is 0.322. The Kier molecular flexibility index (Phi) is 1.73. The molecule has 1 aromatic heterocycles. The summed E-state index contributed by atoms with van der Waals surface area (Å²) in [5, 5.41) is 6.76. The number of H-pyrrole nitrogens is 1. The molecule has 1 unspecified atom stereocenters. The summed E-state index contributed by atoms with van der Waals surface area (Å²) in [5.74, 6) is 1.41. The Balaban J connectivity index is 1.99. The number of aromatic amines is 1. The van der Waals surface area contributed by atoms with Gasteiger partial charge in [0.25, 0.3) is 0 Å². The highest BCUT2D eigenvalue weighted by Gasteiger charge is 2.25. The van der Waals surface area contributed by atoms with Gasteiger partial charge in [0.15, 0.2) is 0 Å². The molecule has 60 valence electrons. The Morgan fingerprint density at radius 2 is 2.55 bits per heavy atom. The van der Waals surface area contributed by atoms with Gasteiger partial charge in [0.2, 0.25) is 5.16 Å². The van der Waals surface area contributed by atoms with Gasteiger partial charge in [-0.1, -0.05) is 0 Å². The first kappa shape index (κ1) is 6.97. The van der Waals surface area contributed by atoms with Crippen molar-refractivity contribution in [1.82, 2.24) is 15.2 Å². The molecular weight excluding hydrogens is 162 g/mol. The summed E-state index contributed by atoms with van der Waals surface area (Å²) in [6.07, 6.45) is 3.83. The maximum atomic E-state index is 11.3. The molecule has 1 atom stereocenters. The molecule has 0 aromatic carbocycles. The van der Waals surface area contributed by atoms with Crippen molar-refractivity contribution in [2.45, 2.75) is 18.0 Å². The molecule has 0 spiro atoms. The molecule has 1 fully saturated rings. The van der Waals surface area contributed by atoms with Gasteiger partial charge in [-0.3, -0.25) is 9.31 Å². The van der Waals surface area contributed by atoms with E-state index in [1.807, 2.05) is 0 Å². The summed E-state index contributed by atoms with van der Waals surface area (Å²) in [6.45, 7) is 0. The molecule has 0 bridgehead atoms. The van der Waals surface area contributed by atoms with Crippen molar-refractivity contribution < 1.29 is 4.21 Å². The fraction of sp³-hybridized carbons (Fsp3) is 0.667. The van der Waals surface area contributed by atoms with Crippen LogP contribution in [0.15, 0.2) is 11.5 Å². The van der Waals surface area contributed by atoms with Gasteiger partial charge >= 0.3 is 0 Å². The van der Waals surface area contributed by atoms with Crippen LogP contribution in [0.25, 0.3) is 0 Å². The molecule has 0 aliphatic heterocycles. The first-order chi connectivity index (χ1) is 5.36. The molecule has 0 radical (unpaired) electrons. The molecule has 1 N–H and O–H groups in total. The third-order valence-corrected chi connectivity index (χ3v) is 3.09. The van der Waals surface area contributed by atoms with Crippen LogP contribution < -0.4 is 0 Å². The summed E-state index contributed by atoms with van der Waals surface area (Å²) < 4.78 is 11.3. The van der Waals surface area contributed by atoms with Crippen molar-refractivity contribution in [3.63, 3.8) is 0 Å². The number of hydrogen-bond donors (Lipinski definition) is 1. The normalized spacial score (nSPS) is 20.0. The molecule has 2 rings (SSSR count). The number of rotatable bonds is 3. The first-order valence-electron chi connectivity index (χ1n) is 3.60. The van der Waals surface area contributed by atoms with E-state index >= 15 is 0 Å². The van der Waals surface area contributed by atoms with E-state index in [0.29, 0.717) is 11.1 Å². The van der Waals surface area contributed by atoms with Crippen LogP contribution in [0.4, 0.5) is 0 Å². The Hall–Kier alpha value is -0.710. The average molecular weight is 171 g/mol. The van der Waals surface area contributed by atoms with Crippen LogP contribution in [0.3, 0.4) is 0 Å². The van der Waals surface area contributed by atoms with Gasteiger partial charge in [-0.15, -0.1) is 0 Å². The highest BCUT2D eigenvalue weighted by Crippen LogP contribution is 2.30. The summed E-state index contributed by atoms with van der Waals surface area (Å²) in [7, 11) is -0.949. The number of nitrogens with zero attached hydrogens (tertiary/aromatic N) is 2. The third-order valence-electron chi connectivity index (χ3n) is 1.69. The maximum absolute atomic E-state index is 11.3. The van der Waals surface area contributed by atoms with Crippen LogP contribution in [0.5, 0.6) is 0 Å². The summed E-state index contributed by atoms with van der Waals surface area (Å²) in [6, 6.07) is 0. The van der Waals surface area contributed by atoms with Crippen LogP contribution in [-0.2, 0) is 10.8 Å². The van der Waals surface area contributed by atoms with Gasteiger partial charge in [0.05, 0.1) is 10.8 Å². The van der Waals surface area contributed by atoms with Crippen LogP contribution in [0, 0.1) is 5.92 Å². The predicted molar refractivity (Wildman–Crippen MR) is 40.4 cm³/mol. The van der Waals surface area contributed by atoms with Crippen molar-refractivity contribution in [1.29, 1.82) is 0 Å². The molecule has 5 heteroatoms. The van der Waals surface area contributed by atoms with Gasteiger partial charge in [-0.2, -0.15) is 5.10 Å². The number of aromatic nitrogens is 3. The second kappa shape index (κ2) is 2.73. The van der Waals surface area contributed by atoms with Gasteiger partial charge in [0.1, 0.15) is 6.33 Å². The van der Waals surface area contributed by atoms with E-state index in [4.69, 9.17) is 0 Å². The zero-order chi connectivity index (χ0) is 7.68. The van der Waals surface area contributed by atoms with Crippen LogP contribution in [-0.4, -0.2) is 25.1 Å². The molecule has 1 aliphatic rings. The van der Waals surface area contributed by atoms with Crippen molar-refractivity contribution in [2.24, 2.45) is 5.92 Å². The minimum Gasteiger partial charge on any atom is -0.252 e. The minimum absolute atomic E-state index is 0.511. The van der Waals surface area contributed by atoms with Gasteiger partial charge < -0.3 is 0 Å². The van der Waals surface area contributed by atoms with Crippen LogP contribution >= 0.6 is 0 Å². The Labute approximate surface area is 66.9 Å². The lowest BCUT2D eigenvalue weighted by atomic mass is 10.5. The van der Waals surface area contributed by atoms with Gasteiger partial charge in [-0.05, 0) is 18.8 Å². The Morgan fingerprint density at radius 1 is 1.73 bits per heavy atom. The highest BCUT2D eigenvalue weighted by atomic mass is 32.2. The van der Waals surface area contributed by atoms with Crippen molar-refractivity contribution in [3.8, 4) is 0 Å². The molecule has 1 saturated carbocycles. The second-order valence-corrected chi connectivity index (χ2v) is 4.16. The van der Waals surface area contributed by atoms with E-state index in [-0.39, 0.29) is 0 Å². The van der Waals surface area contributed by atoms with E-state index in [9.17, 15) is 4.21 Å². The molecule has 1 aromatic rings. The molecule has 4 nitrogen and oxygen atoms in total. The summed E-state index contributed by atoms with van der Waals surface area (Å²) >= 11 is 0. The van der Waals surface area contributed by atoms with E-state index in [0.717, 1.165) is 5.75 Å². The fourth-order valence-electron chi connectivity index (χ4n) is 0.881. The fourth-order valence-corrected chi connectivity index (χ4v) is 2.12. The number of hydrogen-bond acceptors (Lipinski definition) is 3. The number of nitrogens with one attached hydrogen (secondary N) is 1. The standard InChI is InChI=1S/C6H9N3OS/c10-11(3-5-1-2-5)6-7-4-8-9-6/h4-5H,1-3H2,(H,7,8,9). The van der Waals surface area contributed by atoms with Crippen molar-refractivity contribution in [2.75, 3.05) is 5.75 Å². The van der Waals surface area contributed by atoms with E-state index in [1.165, 1.54) is 19.2 Å². The molecule has 0 amide bonds. The molecule has 0 saturated heterocycles. The van der Waals surface area contributed by atoms with Gasteiger partial charge in [0, 0.05) is 5.75 Å². The molecular formula is C6H9N3OS. The second-order valence-electron chi connectivity index (χ2n) is 2.75. The van der Waals surface area contributed by atoms with E-state index < -0.39 is 10.8 Å². The largest absolute Gasteiger partial charge is 0.252 e. The lowest BCUT2D eigenvalue weighted by Gasteiger charge is -1.92. The third kappa shape index (κ3) is 1.65. The van der Waals surface area contributed by atoms with Crippen molar-refractivity contribution >= 4 is 10.8 Å². The summed E-state index contributed by atoms with van der Waals surface area (Å²) in [5.41, 5.74) is 0. The first-order valence-corrected chi connectivity index (χ1v) is 4.92. The summed E-state index contributed by atoms with van der Waals surface area (Å²) in [4.78, 5) is 3.83. The quantitative estimate of drug-likeness (QED) is 0.712. The monoisotopic (exact) mass is 171 g/mol. The highest BCUT2D eigenvalue weighted by molar-refractivity contribution is 7.84. The SMILES string of the molecule is O=S(CC1CC1)c1ncn[nH]1. The lowest BCUT2D eigenvalue weighted by Crippen LogP contribution is -2.01. The average Bonchev–Trinajstić information content (AvgIpc) is 2.67. The minimum atomic E-state index is -0.949. The zero-order valence-corrected chi connectivity index (χ0v) is 6.80. The van der Waals surface area contributed by atoms with Gasteiger partial charge in [-0.25, -0.2) is 4.98 Å². The Bertz CT molecular complexity index is 255. The van der Waals surface area contributed by atoms with E-state index in [2.05, 4.69) is 15.2 Å². The molecule has 11 heavy (non-hydrogen) atoms. The van der Waals surface area contributed by atoms with Crippen molar-refractivity contribution in [3.05, 3.63) is 6.33 Å².